The molecule has 0 amide bonds. The first kappa shape index (κ1) is 12.9. The molecule has 0 heterocycles. The van der Waals surface area contributed by atoms with Crippen LogP contribution in [0.3, 0.4) is 0 Å². The van der Waals surface area contributed by atoms with E-state index in [1.165, 1.54) is 0 Å². The van der Waals surface area contributed by atoms with Gasteiger partial charge in [0.15, 0.2) is 0 Å². The molecule has 64 valence electrons. The zero-order valence-corrected chi connectivity index (χ0v) is 6.41. The summed E-state index contributed by atoms with van der Waals surface area (Å²) >= 11 is 0. The Kier molecular flexibility index (Phi) is 15.4. The van der Waals surface area contributed by atoms with E-state index in [2.05, 4.69) is 0 Å². The van der Waals surface area contributed by atoms with Crippen LogP contribution in [0.2, 0.25) is 0 Å². The second kappa shape index (κ2) is 12.0. The summed E-state index contributed by atoms with van der Waals surface area (Å²) in [6.07, 6.45) is 1.44. The summed E-state index contributed by atoms with van der Waals surface area (Å²) in [5.41, 5.74) is 0. The van der Waals surface area contributed by atoms with Crippen molar-refractivity contribution in [3.63, 3.8) is 0 Å². The molecule has 10 heavy (non-hydrogen) atoms. The standard InChI is InChI=1S/C4H10O2.H3O3P/c5-3-1-2-4-6;1-4(2)3/h5-6H,1-4H2;1-3H. The van der Waals surface area contributed by atoms with Gasteiger partial charge in [0, 0.05) is 13.2 Å². The zero-order chi connectivity index (χ0) is 8.41. The number of hydrogen-bond donors (Lipinski definition) is 5. The Bertz CT molecular complexity index is 44.2. The van der Waals surface area contributed by atoms with E-state index in [1.807, 2.05) is 0 Å². The monoisotopic (exact) mass is 172 g/mol. The second-order valence-corrected chi connectivity index (χ2v) is 1.96. The Labute approximate surface area is 60.6 Å². The molecular formula is C4H13O5P. The van der Waals surface area contributed by atoms with Gasteiger partial charge in [-0.1, -0.05) is 0 Å². The first-order chi connectivity index (χ1) is 4.65. The second-order valence-electron chi connectivity index (χ2n) is 1.42. The lowest BCUT2D eigenvalue weighted by Crippen LogP contribution is -1.85. The van der Waals surface area contributed by atoms with Gasteiger partial charge in [-0.3, -0.25) is 0 Å². The summed E-state index contributed by atoms with van der Waals surface area (Å²) in [6, 6.07) is 0. The van der Waals surface area contributed by atoms with Gasteiger partial charge in [-0.25, -0.2) is 0 Å². The minimum absolute atomic E-state index is 0.195. The highest BCUT2D eigenvalue weighted by atomic mass is 31.2. The molecule has 0 bridgehead atoms. The fraction of sp³-hybridized carbons (Fsp3) is 1.00. The van der Waals surface area contributed by atoms with E-state index in [0.29, 0.717) is 0 Å². The first-order valence-electron chi connectivity index (χ1n) is 2.73. The van der Waals surface area contributed by atoms with Crippen LogP contribution in [-0.4, -0.2) is 38.1 Å². The molecule has 5 nitrogen and oxygen atoms in total. The molecule has 0 aliphatic rings. The molecule has 0 aromatic heterocycles. The van der Waals surface area contributed by atoms with Crippen LogP contribution in [0, 0.1) is 0 Å². The van der Waals surface area contributed by atoms with E-state index in [0.717, 1.165) is 12.8 Å². The average molecular weight is 172 g/mol. The van der Waals surface area contributed by atoms with Gasteiger partial charge >= 0.3 is 8.60 Å². The van der Waals surface area contributed by atoms with E-state index < -0.39 is 8.60 Å². The van der Waals surface area contributed by atoms with Crippen molar-refractivity contribution >= 4 is 8.60 Å². The highest BCUT2D eigenvalue weighted by molar-refractivity contribution is 7.38. The average Bonchev–Trinajstić information content (AvgIpc) is 1.82. The summed E-state index contributed by atoms with van der Waals surface area (Å²) in [7, 11) is -2.62. The van der Waals surface area contributed by atoms with Crippen molar-refractivity contribution in [2.75, 3.05) is 13.2 Å². The lowest BCUT2D eigenvalue weighted by atomic mass is 10.3. The van der Waals surface area contributed by atoms with Gasteiger partial charge in [0.25, 0.3) is 0 Å². The Balaban J connectivity index is 0. The van der Waals surface area contributed by atoms with Crippen molar-refractivity contribution in [1.82, 2.24) is 0 Å². The Hall–Kier alpha value is 0.230. The minimum Gasteiger partial charge on any atom is -0.396 e. The number of aliphatic hydroxyl groups excluding tert-OH is 2. The molecule has 0 aliphatic heterocycles. The van der Waals surface area contributed by atoms with Gasteiger partial charge < -0.3 is 24.9 Å². The van der Waals surface area contributed by atoms with E-state index >= 15 is 0 Å². The molecule has 0 atom stereocenters. The number of rotatable bonds is 3. The van der Waals surface area contributed by atoms with Crippen molar-refractivity contribution in [2.24, 2.45) is 0 Å². The lowest BCUT2D eigenvalue weighted by Gasteiger charge is -1.85. The molecule has 6 heteroatoms. The van der Waals surface area contributed by atoms with Gasteiger partial charge in [-0.15, -0.1) is 0 Å². The number of hydrogen-bond acceptors (Lipinski definition) is 5. The van der Waals surface area contributed by atoms with Crippen LogP contribution in [-0.2, 0) is 0 Å². The van der Waals surface area contributed by atoms with Crippen molar-refractivity contribution < 1.29 is 24.9 Å². The smallest absolute Gasteiger partial charge is 0.324 e. The molecule has 5 N–H and O–H groups in total. The summed E-state index contributed by atoms with van der Waals surface area (Å²) in [5.74, 6) is 0. The molecule has 0 unspecified atom stereocenters. The van der Waals surface area contributed by atoms with Crippen LogP contribution in [0.5, 0.6) is 0 Å². The molecule has 0 saturated heterocycles. The van der Waals surface area contributed by atoms with Crippen molar-refractivity contribution in [3.8, 4) is 0 Å². The van der Waals surface area contributed by atoms with E-state index in [9.17, 15) is 0 Å². The topological polar surface area (TPSA) is 101 Å². The van der Waals surface area contributed by atoms with E-state index in [4.69, 9.17) is 24.9 Å². The molecule has 0 spiro atoms. The molecule has 0 radical (unpaired) electrons. The third-order valence-corrected chi connectivity index (χ3v) is 0.566. The minimum atomic E-state index is -2.62. The normalized spacial score (nSPS) is 9.00. The Morgan fingerprint density at radius 1 is 0.800 bits per heavy atom. The predicted molar refractivity (Wildman–Crippen MR) is 37.0 cm³/mol. The fourth-order valence-corrected chi connectivity index (χ4v) is 0.224. The highest BCUT2D eigenvalue weighted by Gasteiger charge is 1.77. The van der Waals surface area contributed by atoms with Crippen molar-refractivity contribution in [3.05, 3.63) is 0 Å². The molecule has 0 rings (SSSR count). The first-order valence-corrected chi connectivity index (χ1v) is 3.93. The summed E-state index contributed by atoms with van der Waals surface area (Å²) in [4.78, 5) is 21.7. The summed E-state index contributed by atoms with van der Waals surface area (Å²) in [6.45, 7) is 0.390. The predicted octanol–water partition coefficient (Wildman–Crippen LogP) is -1.06. The maximum Gasteiger partial charge on any atom is 0.324 e. The van der Waals surface area contributed by atoms with Gasteiger partial charge in [0.05, 0.1) is 0 Å². The quantitative estimate of drug-likeness (QED) is 0.276. The van der Waals surface area contributed by atoms with Crippen LogP contribution in [0.15, 0.2) is 0 Å². The Morgan fingerprint density at radius 2 is 1.00 bits per heavy atom. The zero-order valence-electron chi connectivity index (χ0n) is 5.51. The number of unbranched alkanes of at least 4 members (excludes halogenated alkanes) is 1. The SMILES string of the molecule is OCCCCO.OP(O)O. The molecular weight excluding hydrogens is 159 g/mol. The van der Waals surface area contributed by atoms with Gasteiger partial charge in [0.2, 0.25) is 0 Å². The molecule has 0 aromatic carbocycles. The van der Waals surface area contributed by atoms with Crippen LogP contribution >= 0.6 is 8.60 Å². The van der Waals surface area contributed by atoms with Crippen molar-refractivity contribution in [2.45, 2.75) is 12.8 Å². The third-order valence-electron chi connectivity index (χ3n) is 0.566. The maximum atomic E-state index is 8.09. The van der Waals surface area contributed by atoms with E-state index in [1.54, 1.807) is 0 Å². The lowest BCUT2D eigenvalue weighted by molar-refractivity contribution is 0.242. The largest absolute Gasteiger partial charge is 0.396 e. The molecule has 0 saturated carbocycles. The highest BCUT2D eigenvalue weighted by Crippen LogP contribution is 2.11. The van der Waals surface area contributed by atoms with Gasteiger partial charge in [-0.05, 0) is 12.8 Å². The fourth-order valence-electron chi connectivity index (χ4n) is 0.224. The van der Waals surface area contributed by atoms with Gasteiger partial charge in [-0.2, -0.15) is 0 Å². The van der Waals surface area contributed by atoms with Gasteiger partial charge in [0.1, 0.15) is 0 Å². The molecule has 0 aliphatic carbocycles. The molecule has 0 fully saturated rings. The summed E-state index contributed by atoms with van der Waals surface area (Å²) < 4.78 is 0. The molecule has 0 aromatic rings. The van der Waals surface area contributed by atoms with Crippen LogP contribution in [0.25, 0.3) is 0 Å². The number of aliphatic hydroxyl groups is 2. The van der Waals surface area contributed by atoms with Crippen LogP contribution in [0.1, 0.15) is 12.8 Å². The maximum absolute atomic E-state index is 8.09. The van der Waals surface area contributed by atoms with Crippen LogP contribution < -0.4 is 0 Å². The summed E-state index contributed by atoms with van der Waals surface area (Å²) in [5, 5.41) is 16.2. The van der Waals surface area contributed by atoms with E-state index in [-0.39, 0.29) is 13.2 Å². The third kappa shape index (κ3) is 41.2. The van der Waals surface area contributed by atoms with Crippen molar-refractivity contribution in [1.29, 1.82) is 0 Å². The Morgan fingerprint density at radius 3 is 1.10 bits per heavy atom. The van der Waals surface area contributed by atoms with Crippen LogP contribution in [0.4, 0.5) is 0 Å².